The van der Waals surface area contributed by atoms with Gasteiger partial charge < -0.3 is 4.74 Å². The second-order valence-corrected chi connectivity index (χ2v) is 7.72. The molecule has 8 nitrogen and oxygen atoms in total. The lowest BCUT2D eigenvalue weighted by molar-refractivity contribution is 0.0600. The predicted molar refractivity (Wildman–Crippen MR) is 93.5 cm³/mol. The maximum absolute atomic E-state index is 12.4. The van der Waals surface area contributed by atoms with Crippen LogP contribution < -0.4 is 10.3 Å². The van der Waals surface area contributed by atoms with Crippen molar-refractivity contribution >= 4 is 16.0 Å². The second kappa shape index (κ2) is 7.38. The van der Waals surface area contributed by atoms with Gasteiger partial charge in [-0.05, 0) is 43.0 Å². The van der Waals surface area contributed by atoms with E-state index < -0.39 is 16.0 Å². The monoisotopic (exact) mass is 377 g/mol. The van der Waals surface area contributed by atoms with Crippen LogP contribution in [0.3, 0.4) is 0 Å². The summed E-state index contributed by atoms with van der Waals surface area (Å²) < 4.78 is 33.1. The quantitative estimate of drug-likeness (QED) is 0.735. The molecule has 0 fully saturated rings. The molecule has 0 saturated heterocycles. The number of fused-ring (bicyclic) bond motifs is 1. The molecule has 0 unspecified atom stereocenters. The van der Waals surface area contributed by atoms with Crippen molar-refractivity contribution in [2.75, 3.05) is 13.7 Å². The van der Waals surface area contributed by atoms with E-state index in [0.717, 1.165) is 30.5 Å². The Morgan fingerprint density at radius 1 is 1.31 bits per heavy atom. The number of hydrogen-bond acceptors (Lipinski definition) is 6. The average Bonchev–Trinajstić information content (AvgIpc) is 3.08. The van der Waals surface area contributed by atoms with E-state index in [9.17, 15) is 18.0 Å². The average molecular weight is 377 g/mol. The SMILES string of the molecule is COC(=O)c1cccc(S(=O)(=O)NCCn2nc3c(cc2=O)CCC3)c1. The third-order valence-corrected chi connectivity index (χ3v) is 5.66. The number of sulfonamides is 1. The van der Waals surface area contributed by atoms with Crippen LogP contribution in [0.1, 0.15) is 28.0 Å². The highest BCUT2D eigenvalue weighted by molar-refractivity contribution is 7.89. The molecule has 9 heteroatoms. The summed E-state index contributed by atoms with van der Waals surface area (Å²) in [6, 6.07) is 7.14. The lowest BCUT2D eigenvalue weighted by Gasteiger charge is -2.10. The zero-order valence-electron chi connectivity index (χ0n) is 14.3. The van der Waals surface area contributed by atoms with E-state index in [1.165, 1.54) is 36.1 Å². The van der Waals surface area contributed by atoms with Crippen molar-refractivity contribution in [3.8, 4) is 0 Å². The molecule has 2 aromatic rings. The lowest BCUT2D eigenvalue weighted by Crippen LogP contribution is -2.32. The van der Waals surface area contributed by atoms with Crippen molar-refractivity contribution in [1.29, 1.82) is 0 Å². The summed E-state index contributed by atoms with van der Waals surface area (Å²) in [6.45, 7) is 0.137. The van der Waals surface area contributed by atoms with Gasteiger partial charge in [0, 0.05) is 12.6 Å². The molecule has 26 heavy (non-hydrogen) atoms. The second-order valence-electron chi connectivity index (χ2n) is 5.95. The number of aromatic nitrogens is 2. The predicted octanol–water partition coefficient (Wildman–Crippen LogP) is 0.497. The summed E-state index contributed by atoms with van der Waals surface area (Å²) >= 11 is 0. The smallest absolute Gasteiger partial charge is 0.337 e. The number of carbonyl (C=O) groups excluding carboxylic acids is 1. The molecule has 1 aromatic heterocycles. The Balaban J connectivity index is 1.70. The largest absolute Gasteiger partial charge is 0.465 e. The van der Waals surface area contributed by atoms with Gasteiger partial charge >= 0.3 is 5.97 Å². The molecule has 1 heterocycles. The van der Waals surface area contributed by atoms with Crippen LogP contribution in [0.5, 0.6) is 0 Å². The molecule has 0 spiro atoms. The number of ether oxygens (including phenoxy) is 1. The normalized spacial score (nSPS) is 13.4. The summed E-state index contributed by atoms with van der Waals surface area (Å²) in [5.74, 6) is -0.615. The molecule has 0 aliphatic heterocycles. The molecular weight excluding hydrogens is 358 g/mol. The number of hydrogen-bond donors (Lipinski definition) is 1. The van der Waals surface area contributed by atoms with Crippen molar-refractivity contribution in [1.82, 2.24) is 14.5 Å². The van der Waals surface area contributed by atoms with Gasteiger partial charge in [-0.15, -0.1) is 0 Å². The molecule has 138 valence electrons. The van der Waals surface area contributed by atoms with Gasteiger partial charge in [-0.25, -0.2) is 22.6 Å². The highest BCUT2D eigenvalue weighted by Gasteiger charge is 2.17. The molecular formula is C17H19N3O5S. The third kappa shape index (κ3) is 3.83. The highest BCUT2D eigenvalue weighted by Crippen LogP contribution is 2.17. The Morgan fingerprint density at radius 2 is 2.12 bits per heavy atom. The van der Waals surface area contributed by atoms with Crippen molar-refractivity contribution < 1.29 is 17.9 Å². The summed E-state index contributed by atoms with van der Waals surface area (Å²) in [5, 5.41) is 4.30. The Labute approximate surface area is 150 Å². The highest BCUT2D eigenvalue weighted by atomic mass is 32.2. The van der Waals surface area contributed by atoms with Crippen molar-refractivity contribution in [2.45, 2.75) is 30.7 Å². The van der Waals surface area contributed by atoms with Gasteiger partial charge in [0.25, 0.3) is 5.56 Å². The van der Waals surface area contributed by atoms with Crippen LogP contribution >= 0.6 is 0 Å². The number of rotatable bonds is 6. The molecule has 0 saturated carbocycles. The van der Waals surface area contributed by atoms with Gasteiger partial charge in [-0.1, -0.05) is 6.07 Å². The van der Waals surface area contributed by atoms with E-state index in [1.54, 1.807) is 6.07 Å². The van der Waals surface area contributed by atoms with Crippen LogP contribution in [0.4, 0.5) is 0 Å². The zero-order chi connectivity index (χ0) is 18.7. The first kappa shape index (κ1) is 18.3. The van der Waals surface area contributed by atoms with Crippen molar-refractivity contribution in [3.05, 3.63) is 57.5 Å². The van der Waals surface area contributed by atoms with Gasteiger partial charge in [-0.2, -0.15) is 5.10 Å². The van der Waals surface area contributed by atoms with E-state index in [4.69, 9.17) is 0 Å². The summed E-state index contributed by atoms with van der Waals surface area (Å²) in [4.78, 5) is 23.5. The van der Waals surface area contributed by atoms with Gasteiger partial charge in [0.05, 0.1) is 29.8 Å². The topological polar surface area (TPSA) is 107 Å². The molecule has 1 aliphatic rings. The van der Waals surface area contributed by atoms with E-state index in [-0.39, 0.29) is 29.1 Å². The Bertz CT molecular complexity index is 998. The van der Waals surface area contributed by atoms with Crippen LogP contribution in [0, 0.1) is 0 Å². The van der Waals surface area contributed by atoms with Gasteiger partial charge in [0.2, 0.25) is 10.0 Å². The first-order chi connectivity index (χ1) is 12.4. The Morgan fingerprint density at radius 3 is 2.88 bits per heavy atom. The minimum Gasteiger partial charge on any atom is -0.465 e. The zero-order valence-corrected chi connectivity index (χ0v) is 15.1. The van der Waals surface area contributed by atoms with Gasteiger partial charge in [0.1, 0.15) is 0 Å². The van der Waals surface area contributed by atoms with Crippen molar-refractivity contribution in [2.24, 2.45) is 0 Å². The van der Waals surface area contributed by atoms with Crippen LogP contribution in [0.2, 0.25) is 0 Å². The molecule has 0 atom stereocenters. The molecule has 0 radical (unpaired) electrons. The first-order valence-electron chi connectivity index (χ1n) is 8.19. The first-order valence-corrected chi connectivity index (χ1v) is 9.67. The minimum absolute atomic E-state index is 0.0104. The fourth-order valence-electron chi connectivity index (χ4n) is 2.88. The maximum Gasteiger partial charge on any atom is 0.337 e. The Kier molecular flexibility index (Phi) is 5.19. The van der Waals surface area contributed by atoms with Crippen LogP contribution in [0.25, 0.3) is 0 Å². The van der Waals surface area contributed by atoms with E-state index >= 15 is 0 Å². The van der Waals surface area contributed by atoms with E-state index in [0.29, 0.717) is 0 Å². The minimum atomic E-state index is -3.82. The van der Waals surface area contributed by atoms with Gasteiger partial charge in [0.15, 0.2) is 0 Å². The maximum atomic E-state index is 12.4. The molecule has 1 aliphatic carbocycles. The number of nitrogens with one attached hydrogen (secondary N) is 1. The molecule has 3 rings (SSSR count). The van der Waals surface area contributed by atoms with Crippen LogP contribution in [-0.4, -0.2) is 37.8 Å². The molecule has 1 aromatic carbocycles. The number of esters is 1. The number of aryl methyl sites for hydroxylation is 2. The number of methoxy groups -OCH3 is 1. The fourth-order valence-corrected chi connectivity index (χ4v) is 3.94. The van der Waals surface area contributed by atoms with E-state index in [1.807, 2.05) is 0 Å². The van der Waals surface area contributed by atoms with Gasteiger partial charge in [-0.3, -0.25) is 4.79 Å². The number of benzene rings is 1. The Hall–Kier alpha value is -2.52. The molecule has 1 N–H and O–H groups in total. The summed E-state index contributed by atoms with van der Waals surface area (Å²) in [7, 11) is -2.59. The molecule has 0 bridgehead atoms. The standard InChI is InChI=1S/C17H19N3O5S/c1-25-17(22)13-5-2-6-14(10-13)26(23,24)18-8-9-20-16(21)11-12-4-3-7-15(12)19-20/h2,5-6,10-11,18H,3-4,7-9H2,1H3. The van der Waals surface area contributed by atoms with Crippen molar-refractivity contribution in [3.63, 3.8) is 0 Å². The van der Waals surface area contributed by atoms with E-state index in [2.05, 4.69) is 14.6 Å². The third-order valence-electron chi connectivity index (χ3n) is 4.21. The van der Waals surface area contributed by atoms with Crippen LogP contribution in [0.15, 0.2) is 40.0 Å². The molecule has 0 amide bonds. The van der Waals surface area contributed by atoms with Crippen LogP contribution in [-0.2, 0) is 34.1 Å². The fraction of sp³-hybridized carbons (Fsp3) is 0.353. The summed E-state index contributed by atoms with van der Waals surface area (Å²) in [6.07, 6.45) is 2.68. The lowest BCUT2D eigenvalue weighted by atomic mass is 10.2. The number of carbonyl (C=O) groups is 1. The number of nitrogens with zero attached hydrogens (tertiary/aromatic N) is 2. The summed E-state index contributed by atoms with van der Waals surface area (Å²) in [5.41, 5.74) is 1.79.